The topological polar surface area (TPSA) is 46.0 Å². The van der Waals surface area contributed by atoms with E-state index in [1.54, 1.807) is 6.20 Å². The highest BCUT2D eigenvalue weighted by Crippen LogP contribution is 2.34. The summed E-state index contributed by atoms with van der Waals surface area (Å²) >= 11 is 0. The Balaban J connectivity index is 2.02. The number of aromatic nitrogens is 2. The van der Waals surface area contributed by atoms with E-state index in [-0.39, 0.29) is 6.10 Å². The number of aryl methyl sites for hydroxylation is 1. The Morgan fingerprint density at radius 3 is 2.93 bits per heavy atom. The lowest BCUT2D eigenvalue weighted by molar-refractivity contribution is 0.117. The molecule has 0 amide bonds. The van der Waals surface area contributed by atoms with E-state index in [9.17, 15) is 5.11 Å². The molecule has 0 radical (unpaired) electrons. The average Bonchev–Trinajstić information content (AvgIpc) is 2.12. The maximum absolute atomic E-state index is 9.96. The van der Waals surface area contributed by atoms with E-state index < -0.39 is 0 Å². The van der Waals surface area contributed by atoms with Crippen molar-refractivity contribution in [2.24, 2.45) is 5.92 Å². The number of aliphatic hydroxyl groups is 1. The standard InChI is InChI=1S/C11H16N2O/c1-8-10(6-12-7-13-8)11(14)5-9-3-2-4-9/h6-7,9,11,14H,2-5H2,1H3. The van der Waals surface area contributed by atoms with Crippen LogP contribution < -0.4 is 0 Å². The number of rotatable bonds is 3. The van der Waals surface area contributed by atoms with Crippen LogP contribution in [0.3, 0.4) is 0 Å². The van der Waals surface area contributed by atoms with Crippen LogP contribution in [-0.4, -0.2) is 15.1 Å². The second kappa shape index (κ2) is 4.05. The van der Waals surface area contributed by atoms with E-state index >= 15 is 0 Å². The average molecular weight is 192 g/mol. The maximum Gasteiger partial charge on any atom is 0.115 e. The number of hydrogen-bond acceptors (Lipinski definition) is 3. The summed E-state index contributed by atoms with van der Waals surface area (Å²) in [6, 6.07) is 0. The van der Waals surface area contributed by atoms with Crippen molar-refractivity contribution in [2.45, 2.75) is 38.7 Å². The highest BCUT2D eigenvalue weighted by molar-refractivity contribution is 5.17. The Hall–Kier alpha value is -0.960. The summed E-state index contributed by atoms with van der Waals surface area (Å²) in [6.45, 7) is 1.92. The van der Waals surface area contributed by atoms with E-state index in [0.717, 1.165) is 17.7 Å². The van der Waals surface area contributed by atoms with Crippen molar-refractivity contribution < 1.29 is 5.11 Å². The van der Waals surface area contributed by atoms with Crippen LogP contribution in [0.15, 0.2) is 12.5 Å². The fraction of sp³-hybridized carbons (Fsp3) is 0.636. The third kappa shape index (κ3) is 1.93. The van der Waals surface area contributed by atoms with Gasteiger partial charge >= 0.3 is 0 Å². The summed E-state index contributed by atoms with van der Waals surface area (Å²) in [5, 5.41) is 9.96. The quantitative estimate of drug-likeness (QED) is 0.796. The van der Waals surface area contributed by atoms with Gasteiger partial charge in [-0.2, -0.15) is 0 Å². The molecule has 0 aliphatic heterocycles. The molecule has 1 saturated carbocycles. The lowest BCUT2D eigenvalue weighted by Gasteiger charge is -2.27. The second-order valence-electron chi connectivity index (χ2n) is 4.11. The second-order valence-corrected chi connectivity index (χ2v) is 4.11. The first-order chi connectivity index (χ1) is 6.77. The zero-order valence-electron chi connectivity index (χ0n) is 8.48. The molecule has 1 heterocycles. The van der Waals surface area contributed by atoms with Gasteiger partial charge in [0.25, 0.3) is 0 Å². The Labute approximate surface area is 84.2 Å². The first kappa shape index (κ1) is 9.59. The highest BCUT2D eigenvalue weighted by Gasteiger charge is 2.22. The lowest BCUT2D eigenvalue weighted by Crippen LogP contribution is -2.15. The van der Waals surface area contributed by atoms with Gasteiger partial charge in [0.15, 0.2) is 0 Å². The molecule has 1 unspecified atom stereocenters. The van der Waals surface area contributed by atoms with Gasteiger partial charge in [-0.15, -0.1) is 0 Å². The Morgan fingerprint density at radius 2 is 2.36 bits per heavy atom. The van der Waals surface area contributed by atoms with Crippen molar-refractivity contribution >= 4 is 0 Å². The van der Waals surface area contributed by atoms with Crippen LogP contribution in [0, 0.1) is 12.8 Å². The molecule has 2 rings (SSSR count). The van der Waals surface area contributed by atoms with Crippen molar-refractivity contribution in [3.63, 3.8) is 0 Å². The van der Waals surface area contributed by atoms with Crippen LogP contribution in [0.2, 0.25) is 0 Å². The molecule has 14 heavy (non-hydrogen) atoms. The van der Waals surface area contributed by atoms with Gasteiger partial charge in [0, 0.05) is 17.5 Å². The molecule has 3 nitrogen and oxygen atoms in total. The minimum absolute atomic E-state index is 0.374. The van der Waals surface area contributed by atoms with Crippen LogP contribution in [0.4, 0.5) is 0 Å². The molecule has 3 heteroatoms. The molecule has 1 fully saturated rings. The van der Waals surface area contributed by atoms with E-state index in [0.29, 0.717) is 5.92 Å². The summed E-state index contributed by atoms with van der Waals surface area (Å²) < 4.78 is 0. The number of aliphatic hydroxyl groups excluding tert-OH is 1. The summed E-state index contributed by atoms with van der Waals surface area (Å²) in [5.74, 6) is 0.713. The minimum atomic E-state index is -0.374. The summed E-state index contributed by atoms with van der Waals surface area (Å²) in [4.78, 5) is 8.03. The van der Waals surface area contributed by atoms with Crippen LogP contribution in [0.1, 0.15) is 43.0 Å². The summed E-state index contributed by atoms with van der Waals surface area (Å²) in [7, 11) is 0. The van der Waals surface area contributed by atoms with Crippen molar-refractivity contribution in [3.05, 3.63) is 23.8 Å². The fourth-order valence-corrected chi connectivity index (χ4v) is 1.90. The molecule has 1 aliphatic carbocycles. The number of hydrogen-bond donors (Lipinski definition) is 1. The van der Waals surface area contributed by atoms with Gasteiger partial charge in [0.1, 0.15) is 6.33 Å². The van der Waals surface area contributed by atoms with Crippen molar-refractivity contribution in [1.82, 2.24) is 9.97 Å². The first-order valence-electron chi connectivity index (χ1n) is 5.22. The van der Waals surface area contributed by atoms with Crippen molar-refractivity contribution in [1.29, 1.82) is 0 Å². The summed E-state index contributed by atoms with van der Waals surface area (Å²) in [5.41, 5.74) is 1.78. The molecule has 76 valence electrons. The maximum atomic E-state index is 9.96. The molecule has 1 N–H and O–H groups in total. The van der Waals surface area contributed by atoms with Gasteiger partial charge < -0.3 is 5.11 Å². The molecule has 0 saturated heterocycles. The van der Waals surface area contributed by atoms with Crippen molar-refractivity contribution in [3.8, 4) is 0 Å². The smallest absolute Gasteiger partial charge is 0.115 e. The van der Waals surface area contributed by atoms with E-state index in [1.807, 2.05) is 6.92 Å². The lowest BCUT2D eigenvalue weighted by atomic mass is 9.80. The van der Waals surface area contributed by atoms with Gasteiger partial charge in [-0.05, 0) is 19.3 Å². The Morgan fingerprint density at radius 1 is 1.57 bits per heavy atom. The minimum Gasteiger partial charge on any atom is -0.388 e. The molecule has 1 aromatic heterocycles. The van der Waals surface area contributed by atoms with Crippen LogP contribution in [0.25, 0.3) is 0 Å². The normalized spacial score (nSPS) is 19.0. The molecule has 1 atom stereocenters. The van der Waals surface area contributed by atoms with Gasteiger partial charge in [-0.25, -0.2) is 9.97 Å². The molecular weight excluding hydrogens is 176 g/mol. The molecule has 0 aromatic carbocycles. The molecule has 1 aromatic rings. The first-order valence-corrected chi connectivity index (χ1v) is 5.22. The SMILES string of the molecule is Cc1ncncc1C(O)CC1CCC1. The monoisotopic (exact) mass is 192 g/mol. The predicted octanol–water partition coefficient (Wildman–Crippen LogP) is 2.01. The highest BCUT2D eigenvalue weighted by atomic mass is 16.3. The number of nitrogens with zero attached hydrogens (tertiary/aromatic N) is 2. The van der Waals surface area contributed by atoms with E-state index in [2.05, 4.69) is 9.97 Å². The van der Waals surface area contributed by atoms with E-state index in [4.69, 9.17) is 0 Å². The zero-order chi connectivity index (χ0) is 9.97. The zero-order valence-corrected chi connectivity index (χ0v) is 8.48. The van der Waals surface area contributed by atoms with Gasteiger partial charge in [-0.3, -0.25) is 0 Å². The van der Waals surface area contributed by atoms with Gasteiger partial charge in [0.05, 0.1) is 6.10 Å². The van der Waals surface area contributed by atoms with Gasteiger partial charge in [-0.1, -0.05) is 19.3 Å². The summed E-state index contributed by atoms with van der Waals surface area (Å²) in [6.07, 6.45) is 7.60. The fourth-order valence-electron chi connectivity index (χ4n) is 1.90. The third-order valence-electron chi connectivity index (χ3n) is 3.09. The predicted molar refractivity (Wildman–Crippen MR) is 53.7 cm³/mol. The van der Waals surface area contributed by atoms with Crippen LogP contribution in [-0.2, 0) is 0 Å². The Bertz CT molecular complexity index is 310. The third-order valence-corrected chi connectivity index (χ3v) is 3.09. The molecule has 0 bridgehead atoms. The van der Waals surface area contributed by atoms with Gasteiger partial charge in [0.2, 0.25) is 0 Å². The van der Waals surface area contributed by atoms with Crippen LogP contribution in [0.5, 0.6) is 0 Å². The largest absolute Gasteiger partial charge is 0.388 e. The van der Waals surface area contributed by atoms with Crippen molar-refractivity contribution in [2.75, 3.05) is 0 Å². The molecular formula is C11H16N2O. The Kier molecular flexibility index (Phi) is 2.77. The molecule has 0 spiro atoms. The molecule has 1 aliphatic rings. The van der Waals surface area contributed by atoms with E-state index in [1.165, 1.54) is 25.6 Å². The van der Waals surface area contributed by atoms with Crippen LogP contribution >= 0.6 is 0 Å².